The maximum atomic E-state index is 12.8. The predicted molar refractivity (Wildman–Crippen MR) is 116 cm³/mol. The van der Waals surface area contributed by atoms with Gasteiger partial charge in [-0.3, -0.25) is 18.7 Å². The molecule has 2 aromatic rings. The lowest BCUT2D eigenvalue weighted by Crippen LogP contribution is -2.39. The van der Waals surface area contributed by atoms with E-state index in [4.69, 9.17) is 14.2 Å². The van der Waals surface area contributed by atoms with Gasteiger partial charge in [0.05, 0.1) is 33.1 Å². The number of hydrogen-bond acceptors (Lipinski definition) is 8. The highest BCUT2D eigenvalue weighted by molar-refractivity contribution is 6.04. The maximum absolute atomic E-state index is 12.8. The van der Waals surface area contributed by atoms with Crippen molar-refractivity contribution in [1.82, 2.24) is 14.1 Å². The molecule has 0 spiro atoms. The monoisotopic (exact) mass is 446 g/mol. The van der Waals surface area contributed by atoms with Crippen LogP contribution in [-0.2, 0) is 18.9 Å². The third-order valence-electron chi connectivity index (χ3n) is 5.46. The van der Waals surface area contributed by atoms with Gasteiger partial charge in [-0.1, -0.05) is 6.92 Å². The fraction of sp³-hybridized carbons (Fsp3) is 0.429. The second-order valence-corrected chi connectivity index (χ2v) is 7.22. The van der Waals surface area contributed by atoms with Crippen molar-refractivity contribution in [1.29, 1.82) is 0 Å². The van der Waals surface area contributed by atoms with Gasteiger partial charge in [0.25, 0.3) is 5.56 Å². The van der Waals surface area contributed by atoms with Crippen molar-refractivity contribution < 1.29 is 24.1 Å². The predicted octanol–water partition coefficient (Wildman–Crippen LogP) is 0.903. The summed E-state index contributed by atoms with van der Waals surface area (Å²) in [6.45, 7) is 1.70. The van der Waals surface area contributed by atoms with Gasteiger partial charge in [0.1, 0.15) is 5.56 Å². The molecule has 1 aromatic heterocycles. The Bertz CT molecular complexity index is 1190. The van der Waals surface area contributed by atoms with Crippen molar-refractivity contribution in [2.24, 2.45) is 19.2 Å². The Hall–Kier alpha value is -3.76. The maximum Gasteiger partial charge on any atom is 0.333 e. The first-order valence-electron chi connectivity index (χ1n) is 9.88. The van der Waals surface area contributed by atoms with Crippen molar-refractivity contribution in [3.63, 3.8) is 0 Å². The fourth-order valence-electron chi connectivity index (χ4n) is 3.69. The van der Waals surface area contributed by atoms with Crippen LogP contribution in [0.2, 0.25) is 0 Å². The van der Waals surface area contributed by atoms with E-state index in [9.17, 15) is 19.5 Å². The number of aromatic hydroxyl groups is 1. The number of benzene rings is 1. The smallest absolute Gasteiger partial charge is 0.333 e. The molecule has 1 aliphatic heterocycles. The second-order valence-electron chi connectivity index (χ2n) is 7.22. The number of carbonyl (C=O) groups is 1. The van der Waals surface area contributed by atoms with Crippen LogP contribution in [0.15, 0.2) is 26.8 Å². The van der Waals surface area contributed by atoms with Gasteiger partial charge in [0, 0.05) is 26.9 Å². The summed E-state index contributed by atoms with van der Waals surface area (Å²) in [5, 5.41) is 16.2. The summed E-state index contributed by atoms with van der Waals surface area (Å²) < 4.78 is 18.0. The quantitative estimate of drug-likeness (QED) is 0.699. The molecule has 0 saturated heterocycles. The molecule has 3 rings (SSSR count). The van der Waals surface area contributed by atoms with Crippen molar-refractivity contribution >= 4 is 11.6 Å². The molecule has 11 nitrogen and oxygen atoms in total. The summed E-state index contributed by atoms with van der Waals surface area (Å²) in [4.78, 5) is 37.6. The lowest BCUT2D eigenvalue weighted by Gasteiger charge is -2.23. The van der Waals surface area contributed by atoms with Crippen LogP contribution in [0.4, 0.5) is 0 Å². The van der Waals surface area contributed by atoms with E-state index in [0.29, 0.717) is 22.8 Å². The van der Waals surface area contributed by atoms with Gasteiger partial charge in [-0.05, 0) is 17.7 Å². The van der Waals surface area contributed by atoms with E-state index in [1.165, 1.54) is 40.4 Å². The summed E-state index contributed by atoms with van der Waals surface area (Å²) in [7, 11) is 7.12. The number of rotatable bonds is 6. The number of ether oxygens (including phenoxy) is 3. The Balaban J connectivity index is 2.18. The minimum absolute atomic E-state index is 0.126. The summed E-state index contributed by atoms with van der Waals surface area (Å²) in [5.74, 6) is 0.419. The Morgan fingerprint density at radius 2 is 1.69 bits per heavy atom. The summed E-state index contributed by atoms with van der Waals surface area (Å²) in [6.07, 6.45) is 0.306. The first-order valence-corrected chi connectivity index (χ1v) is 9.88. The highest BCUT2D eigenvalue weighted by Crippen LogP contribution is 2.43. The molecule has 0 aliphatic carbocycles. The first kappa shape index (κ1) is 22.9. The zero-order chi connectivity index (χ0) is 23.7. The molecule has 0 saturated carbocycles. The standard InChI is InChI=1S/C21H26N4O7/c1-7-16(26)25-13(11-8-14(30-4)18(32-6)15(9-11)31-5)10-12(22-25)17-19(27)23(2)21(29)24(3)20(17)28/h8-9,13,27H,7,10H2,1-6H3/t13-/m1/s1. The normalized spacial score (nSPS) is 15.5. The number of hydrazone groups is 1. The highest BCUT2D eigenvalue weighted by Gasteiger charge is 2.36. The summed E-state index contributed by atoms with van der Waals surface area (Å²) in [6, 6.07) is 2.82. The molecule has 11 heteroatoms. The lowest BCUT2D eigenvalue weighted by molar-refractivity contribution is -0.132. The minimum atomic E-state index is -0.696. The van der Waals surface area contributed by atoms with Crippen molar-refractivity contribution in [3.05, 3.63) is 44.1 Å². The summed E-state index contributed by atoms with van der Waals surface area (Å²) >= 11 is 0. The van der Waals surface area contributed by atoms with Crippen molar-refractivity contribution in [2.75, 3.05) is 21.3 Å². The number of hydrogen-bond donors (Lipinski definition) is 1. The van der Waals surface area contributed by atoms with Crippen LogP contribution in [0.25, 0.3) is 0 Å². The van der Waals surface area contributed by atoms with Gasteiger partial charge >= 0.3 is 5.69 Å². The highest BCUT2D eigenvalue weighted by atomic mass is 16.5. The Morgan fingerprint density at radius 3 is 2.19 bits per heavy atom. The Labute approximate surface area is 184 Å². The zero-order valence-corrected chi connectivity index (χ0v) is 18.8. The Morgan fingerprint density at radius 1 is 1.09 bits per heavy atom. The van der Waals surface area contributed by atoms with Crippen LogP contribution in [0.1, 0.15) is 36.9 Å². The number of amides is 1. The average molecular weight is 446 g/mol. The van der Waals surface area contributed by atoms with Gasteiger partial charge in [-0.2, -0.15) is 5.10 Å². The molecule has 2 heterocycles. The van der Waals surface area contributed by atoms with E-state index in [-0.39, 0.29) is 30.0 Å². The molecule has 1 amide bonds. The van der Waals surface area contributed by atoms with E-state index in [2.05, 4.69) is 5.10 Å². The number of nitrogens with zero attached hydrogens (tertiary/aromatic N) is 4. The molecule has 1 aliphatic rings. The summed E-state index contributed by atoms with van der Waals surface area (Å²) in [5.41, 5.74) is -0.657. The van der Waals surface area contributed by atoms with Crippen LogP contribution < -0.4 is 25.5 Å². The second kappa shape index (κ2) is 8.77. The third-order valence-corrected chi connectivity index (χ3v) is 5.46. The lowest BCUT2D eigenvalue weighted by atomic mass is 9.98. The fourth-order valence-corrected chi connectivity index (χ4v) is 3.69. The van der Waals surface area contributed by atoms with E-state index >= 15 is 0 Å². The molecule has 0 fully saturated rings. The van der Waals surface area contributed by atoms with Crippen LogP contribution >= 0.6 is 0 Å². The SMILES string of the molecule is CCC(=O)N1N=C(c2c(O)n(C)c(=O)n(C)c2=O)C[C@@H]1c1cc(OC)c(OC)c(OC)c1. The number of aromatic nitrogens is 2. The molecule has 0 bridgehead atoms. The molecular formula is C21H26N4O7. The molecule has 1 aromatic carbocycles. The van der Waals surface area contributed by atoms with Crippen LogP contribution in [0.3, 0.4) is 0 Å². The van der Waals surface area contributed by atoms with E-state index < -0.39 is 23.2 Å². The van der Waals surface area contributed by atoms with Crippen LogP contribution in [0, 0.1) is 0 Å². The minimum Gasteiger partial charge on any atom is -0.494 e. The zero-order valence-electron chi connectivity index (χ0n) is 18.8. The van der Waals surface area contributed by atoms with Gasteiger partial charge in [0.2, 0.25) is 17.5 Å². The van der Waals surface area contributed by atoms with Crippen molar-refractivity contribution in [3.8, 4) is 23.1 Å². The van der Waals surface area contributed by atoms with Gasteiger partial charge < -0.3 is 19.3 Å². The molecular weight excluding hydrogens is 420 g/mol. The van der Waals surface area contributed by atoms with Crippen molar-refractivity contribution in [2.45, 2.75) is 25.8 Å². The van der Waals surface area contributed by atoms with Gasteiger partial charge in [-0.15, -0.1) is 0 Å². The third kappa shape index (κ3) is 3.59. The average Bonchev–Trinajstić information content (AvgIpc) is 3.24. The molecule has 172 valence electrons. The van der Waals surface area contributed by atoms with Gasteiger partial charge in [0.15, 0.2) is 11.5 Å². The first-order chi connectivity index (χ1) is 15.2. The number of methoxy groups -OCH3 is 3. The molecule has 32 heavy (non-hydrogen) atoms. The van der Waals surface area contributed by atoms with E-state index in [1.807, 2.05) is 0 Å². The van der Waals surface area contributed by atoms with E-state index in [1.54, 1.807) is 19.1 Å². The van der Waals surface area contributed by atoms with Crippen LogP contribution in [0.5, 0.6) is 23.1 Å². The number of carbonyl (C=O) groups excluding carboxylic acids is 1. The molecule has 0 radical (unpaired) electrons. The Kier molecular flexibility index (Phi) is 6.28. The topological polar surface area (TPSA) is 125 Å². The largest absolute Gasteiger partial charge is 0.494 e. The van der Waals surface area contributed by atoms with Crippen LogP contribution in [-0.4, -0.2) is 52.2 Å². The van der Waals surface area contributed by atoms with E-state index in [0.717, 1.165) is 9.13 Å². The van der Waals surface area contributed by atoms with Gasteiger partial charge in [-0.25, -0.2) is 9.80 Å². The molecule has 1 N–H and O–H groups in total. The molecule has 1 atom stereocenters. The molecule has 0 unspecified atom stereocenters.